The maximum atomic E-state index is 4.27. The number of rotatable bonds is 2. The van der Waals surface area contributed by atoms with Crippen molar-refractivity contribution in [2.24, 2.45) is 0 Å². The standard InChI is InChI=1S/C9H7BrIN3/c10-8-2-1-3-12-9(8)6-14-5-7(11)4-13-14/h1-5H,6H2. The highest BCUT2D eigenvalue weighted by Crippen LogP contribution is 2.14. The van der Waals surface area contributed by atoms with E-state index in [2.05, 4.69) is 48.6 Å². The fraction of sp³-hybridized carbons (Fsp3) is 0.111. The Balaban J connectivity index is 2.23. The first-order valence-corrected chi connectivity index (χ1v) is 5.90. The molecule has 0 fully saturated rings. The van der Waals surface area contributed by atoms with Crippen LogP contribution in [0.2, 0.25) is 0 Å². The van der Waals surface area contributed by atoms with Crippen LogP contribution in [0.4, 0.5) is 0 Å². The van der Waals surface area contributed by atoms with Gasteiger partial charge in [0.2, 0.25) is 0 Å². The Morgan fingerprint density at radius 2 is 2.36 bits per heavy atom. The lowest BCUT2D eigenvalue weighted by atomic mass is 10.3. The fourth-order valence-electron chi connectivity index (χ4n) is 1.11. The molecule has 14 heavy (non-hydrogen) atoms. The van der Waals surface area contributed by atoms with Crippen LogP contribution in [-0.2, 0) is 6.54 Å². The van der Waals surface area contributed by atoms with Crippen molar-refractivity contribution in [2.75, 3.05) is 0 Å². The summed E-state index contributed by atoms with van der Waals surface area (Å²) in [5, 5.41) is 4.20. The molecule has 5 heteroatoms. The van der Waals surface area contributed by atoms with E-state index < -0.39 is 0 Å². The lowest BCUT2D eigenvalue weighted by Gasteiger charge is -2.02. The van der Waals surface area contributed by atoms with Crippen molar-refractivity contribution in [1.29, 1.82) is 0 Å². The fourth-order valence-corrected chi connectivity index (χ4v) is 1.94. The van der Waals surface area contributed by atoms with Gasteiger partial charge in [0.25, 0.3) is 0 Å². The molecular weight excluding hydrogens is 357 g/mol. The zero-order valence-corrected chi connectivity index (χ0v) is 10.9. The molecule has 2 heterocycles. The summed E-state index contributed by atoms with van der Waals surface area (Å²) in [5.41, 5.74) is 0.993. The summed E-state index contributed by atoms with van der Waals surface area (Å²) in [4.78, 5) is 4.27. The summed E-state index contributed by atoms with van der Waals surface area (Å²) in [6, 6.07) is 3.89. The van der Waals surface area contributed by atoms with Crippen LogP contribution in [0.25, 0.3) is 0 Å². The van der Waals surface area contributed by atoms with Crippen molar-refractivity contribution in [1.82, 2.24) is 14.8 Å². The van der Waals surface area contributed by atoms with Crippen LogP contribution in [0.1, 0.15) is 5.69 Å². The minimum absolute atomic E-state index is 0.699. The van der Waals surface area contributed by atoms with Crippen molar-refractivity contribution >= 4 is 38.5 Å². The van der Waals surface area contributed by atoms with Gasteiger partial charge in [0.1, 0.15) is 0 Å². The molecule has 0 N–H and O–H groups in total. The Morgan fingerprint density at radius 1 is 1.50 bits per heavy atom. The van der Waals surface area contributed by atoms with Crippen LogP contribution >= 0.6 is 38.5 Å². The molecule has 2 rings (SSSR count). The van der Waals surface area contributed by atoms with E-state index in [0.29, 0.717) is 6.54 Å². The lowest BCUT2D eigenvalue weighted by Crippen LogP contribution is -2.02. The third-order valence-electron chi connectivity index (χ3n) is 1.75. The van der Waals surface area contributed by atoms with E-state index in [9.17, 15) is 0 Å². The SMILES string of the molecule is Brc1cccnc1Cn1cc(I)cn1. The summed E-state index contributed by atoms with van der Waals surface area (Å²) in [6.07, 6.45) is 5.60. The van der Waals surface area contributed by atoms with Crippen molar-refractivity contribution < 1.29 is 0 Å². The Bertz CT molecular complexity index is 441. The third-order valence-corrected chi connectivity index (χ3v) is 3.03. The minimum atomic E-state index is 0.699. The number of aromatic nitrogens is 3. The second-order valence-electron chi connectivity index (χ2n) is 2.79. The van der Waals surface area contributed by atoms with Gasteiger partial charge in [0.05, 0.1) is 22.0 Å². The van der Waals surface area contributed by atoms with Crippen molar-refractivity contribution in [2.45, 2.75) is 6.54 Å². The summed E-state index contributed by atoms with van der Waals surface area (Å²) >= 11 is 5.69. The van der Waals surface area contributed by atoms with E-state index in [1.54, 1.807) is 6.20 Å². The van der Waals surface area contributed by atoms with Gasteiger partial charge in [-0.15, -0.1) is 0 Å². The quantitative estimate of drug-likeness (QED) is 0.768. The average molecular weight is 364 g/mol. The average Bonchev–Trinajstić information content (AvgIpc) is 2.56. The van der Waals surface area contributed by atoms with Gasteiger partial charge in [-0.1, -0.05) is 0 Å². The molecule has 0 amide bonds. The predicted molar refractivity (Wildman–Crippen MR) is 66.0 cm³/mol. The molecule has 72 valence electrons. The highest BCUT2D eigenvalue weighted by molar-refractivity contribution is 14.1. The molecule has 2 aromatic rings. The molecule has 3 nitrogen and oxygen atoms in total. The van der Waals surface area contributed by atoms with Gasteiger partial charge in [0, 0.05) is 16.9 Å². The smallest absolute Gasteiger partial charge is 0.0843 e. The molecule has 0 spiro atoms. The van der Waals surface area contributed by atoms with Gasteiger partial charge in [-0.3, -0.25) is 9.67 Å². The van der Waals surface area contributed by atoms with E-state index in [1.165, 1.54) is 0 Å². The lowest BCUT2D eigenvalue weighted by molar-refractivity contribution is 0.670. The highest BCUT2D eigenvalue weighted by atomic mass is 127. The maximum Gasteiger partial charge on any atom is 0.0843 e. The topological polar surface area (TPSA) is 30.7 Å². The molecule has 0 aromatic carbocycles. The van der Waals surface area contributed by atoms with Crippen molar-refractivity contribution in [3.63, 3.8) is 0 Å². The minimum Gasteiger partial charge on any atom is -0.266 e. The Morgan fingerprint density at radius 3 is 3.00 bits per heavy atom. The van der Waals surface area contributed by atoms with Crippen LogP contribution in [0.5, 0.6) is 0 Å². The monoisotopic (exact) mass is 363 g/mol. The highest BCUT2D eigenvalue weighted by Gasteiger charge is 2.02. The molecule has 0 aliphatic rings. The Hall–Kier alpha value is -0.430. The van der Waals surface area contributed by atoms with Crippen LogP contribution in [0.3, 0.4) is 0 Å². The first kappa shape index (κ1) is 10.1. The summed E-state index contributed by atoms with van der Waals surface area (Å²) < 4.78 is 4.02. The number of halogens is 2. The first-order valence-electron chi connectivity index (χ1n) is 4.03. The van der Waals surface area contributed by atoms with E-state index in [0.717, 1.165) is 13.7 Å². The summed E-state index contributed by atoms with van der Waals surface area (Å²) in [6.45, 7) is 0.699. The molecule has 0 aliphatic heterocycles. The molecule has 0 bridgehead atoms. The molecule has 2 aromatic heterocycles. The van der Waals surface area contributed by atoms with Crippen LogP contribution in [0, 0.1) is 3.57 Å². The van der Waals surface area contributed by atoms with Crippen molar-refractivity contribution in [3.8, 4) is 0 Å². The van der Waals surface area contributed by atoms with Crippen LogP contribution in [-0.4, -0.2) is 14.8 Å². The second kappa shape index (κ2) is 4.39. The van der Waals surface area contributed by atoms with E-state index in [1.807, 2.05) is 29.2 Å². The first-order chi connectivity index (χ1) is 6.75. The number of nitrogens with zero attached hydrogens (tertiary/aromatic N) is 3. The molecule has 0 radical (unpaired) electrons. The molecule has 0 saturated carbocycles. The Labute approximate surface area is 104 Å². The molecule has 0 aliphatic carbocycles. The summed E-state index contributed by atoms with van der Waals surface area (Å²) in [7, 11) is 0. The zero-order valence-electron chi connectivity index (χ0n) is 7.19. The molecule has 0 atom stereocenters. The number of hydrogen-bond donors (Lipinski definition) is 0. The predicted octanol–water partition coefficient (Wildman–Crippen LogP) is 2.69. The normalized spacial score (nSPS) is 10.4. The van der Waals surface area contributed by atoms with Gasteiger partial charge < -0.3 is 0 Å². The largest absolute Gasteiger partial charge is 0.266 e. The van der Waals surface area contributed by atoms with E-state index in [4.69, 9.17) is 0 Å². The molecule has 0 unspecified atom stereocenters. The molecular formula is C9H7BrIN3. The van der Waals surface area contributed by atoms with E-state index >= 15 is 0 Å². The van der Waals surface area contributed by atoms with Gasteiger partial charge in [-0.05, 0) is 50.7 Å². The van der Waals surface area contributed by atoms with Crippen LogP contribution < -0.4 is 0 Å². The van der Waals surface area contributed by atoms with Crippen LogP contribution in [0.15, 0.2) is 35.2 Å². The maximum absolute atomic E-state index is 4.27. The zero-order chi connectivity index (χ0) is 9.97. The second-order valence-corrected chi connectivity index (χ2v) is 4.89. The third kappa shape index (κ3) is 2.33. The van der Waals surface area contributed by atoms with Gasteiger partial charge in [0.15, 0.2) is 0 Å². The van der Waals surface area contributed by atoms with Crippen molar-refractivity contribution in [3.05, 3.63) is 44.5 Å². The Kier molecular flexibility index (Phi) is 3.17. The number of pyridine rings is 1. The van der Waals surface area contributed by atoms with Gasteiger partial charge >= 0.3 is 0 Å². The van der Waals surface area contributed by atoms with E-state index in [-0.39, 0.29) is 0 Å². The molecule has 0 saturated heterocycles. The summed E-state index contributed by atoms with van der Waals surface area (Å²) in [5.74, 6) is 0. The van der Waals surface area contributed by atoms with Gasteiger partial charge in [-0.2, -0.15) is 5.10 Å². The van der Waals surface area contributed by atoms with Gasteiger partial charge in [-0.25, -0.2) is 0 Å². The number of hydrogen-bond acceptors (Lipinski definition) is 2.